The van der Waals surface area contributed by atoms with Crippen molar-refractivity contribution < 1.29 is 31.9 Å². The third kappa shape index (κ3) is 3.85. The summed E-state index contributed by atoms with van der Waals surface area (Å²) in [4.78, 5) is 37.2. The number of ketones is 1. The van der Waals surface area contributed by atoms with E-state index in [0.717, 1.165) is 12.1 Å². The molecule has 3 aliphatic carbocycles. The van der Waals surface area contributed by atoms with Gasteiger partial charge in [0.05, 0.1) is 5.39 Å². The van der Waals surface area contributed by atoms with E-state index < -0.39 is 39.8 Å². The summed E-state index contributed by atoms with van der Waals surface area (Å²) in [6.07, 6.45) is 1.82. The van der Waals surface area contributed by atoms with E-state index in [2.05, 4.69) is 5.32 Å². The van der Waals surface area contributed by atoms with Gasteiger partial charge in [0, 0.05) is 30.2 Å². The molecule has 0 unspecified atom stereocenters. The summed E-state index contributed by atoms with van der Waals surface area (Å²) in [5.41, 5.74) is -1.40. The predicted molar refractivity (Wildman–Crippen MR) is 115 cm³/mol. The Kier molecular flexibility index (Phi) is 5.03. The molecule has 1 heterocycles. The second kappa shape index (κ2) is 7.72. The molecule has 6 nitrogen and oxygen atoms in total. The van der Waals surface area contributed by atoms with E-state index in [-0.39, 0.29) is 41.2 Å². The van der Waals surface area contributed by atoms with E-state index in [9.17, 15) is 27.6 Å². The quantitative estimate of drug-likeness (QED) is 0.522. The summed E-state index contributed by atoms with van der Waals surface area (Å²) in [7, 11) is 0. The van der Waals surface area contributed by atoms with Crippen LogP contribution in [0.2, 0.25) is 0 Å². The number of amides is 1. The molecule has 0 saturated heterocycles. The molecule has 3 saturated carbocycles. The fraction of sp³-hybridized carbons (Fsp3) is 0.320. The van der Waals surface area contributed by atoms with Crippen molar-refractivity contribution in [3.05, 3.63) is 75.4 Å². The van der Waals surface area contributed by atoms with Gasteiger partial charge >= 0.3 is 0 Å². The first kappa shape index (κ1) is 22.2. The lowest BCUT2D eigenvalue weighted by Gasteiger charge is -2.70. The molecular formula is C25H20F3NO5. The second-order valence-corrected chi connectivity index (χ2v) is 9.40. The molecule has 1 aromatic heterocycles. The number of rotatable bonds is 7. The molecule has 0 atom stereocenters. The molecule has 34 heavy (non-hydrogen) atoms. The Bertz CT molecular complexity index is 1390. The van der Waals surface area contributed by atoms with Crippen LogP contribution in [0.15, 0.2) is 45.6 Å². The number of benzene rings is 2. The summed E-state index contributed by atoms with van der Waals surface area (Å²) in [6.45, 7) is 1.37. The van der Waals surface area contributed by atoms with Gasteiger partial charge in [-0.25, -0.2) is 13.2 Å². The monoisotopic (exact) mass is 471 g/mol. The molecule has 2 bridgehead atoms. The van der Waals surface area contributed by atoms with Crippen LogP contribution in [-0.2, 0) is 4.79 Å². The minimum Gasteiger partial charge on any atom is -0.484 e. The number of carbonyl (C=O) groups excluding carboxylic acids is 2. The lowest BCUT2D eigenvalue weighted by molar-refractivity contribution is -0.164. The van der Waals surface area contributed by atoms with Crippen molar-refractivity contribution in [1.29, 1.82) is 0 Å². The molecule has 176 valence electrons. The minimum atomic E-state index is -1.05. The van der Waals surface area contributed by atoms with Crippen LogP contribution >= 0.6 is 0 Å². The summed E-state index contributed by atoms with van der Waals surface area (Å²) in [5.74, 6) is -3.19. The number of nitrogens with one attached hydrogen (secondary N) is 1. The zero-order valence-corrected chi connectivity index (χ0v) is 18.2. The standard InChI is InChI=1S/C25H20F3NO5/c1-13-2-3-15(6-17(13)27)33-9-22(32)29-25-10-24(11-25,12-25)8-20(31)21-7-19(30)16-4-14(26)5-18(28)23(16)34-21/h2-7H,8-12H2,1H3,(H,29,32). The molecule has 3 aromatic rings. The molecule has 0 spiro atoms. The van der Waals surface area contributed by atoms with Gasteiger partial charge in [0.25, 0.3) is 5.91 Å². The smallest absolute Gasteiger partial charge is 0.258 e. The highest BCUT2D eigenvalue weighted by Gasteiger charge is 2.68. The third-order valence-corrected chi connectivity index (χ3v) is 6.62. The predicted octanol–water partition coefficient (Wildman–Crippen LogP) is 4.21. The fourth-order valence-electron chi connectivity index (χ4n) is 5.21. The van der Waals surface area contributed by atoms with E-state index >= 15 is 0 Å². The number of hydrogen-bond donors (Lipinski definition) is 1. The van der Waals surface area contributed by atoms with Gasteiger partial charge in [0.2, 0.25) is 0 Å². The van der Waals surface area contributed by atoms with Crippen molar-refractivity contribution in [3.63, 3.8) is 0 Å². The van der Waals surface area contributed by atoms with E-state index in [4.69, 9.17) is 9.15 Å². The minimum absolute atomic E-state index is 0.0843. The summed E-state index contributed by atoms with van der Waals surface area (Å²) < 4.78 is 51.6. The van der Waals surface area contributed by atoms with Gasteiger partial charge in [-0.15, -0.1) is 0 Å². The van der Waals surface area contributed by atoms with Crippen molar-refractivity contribution in [3.8, 4) is 5.75 Å². The normalized spacial score (nSPS) is 22.6. The van der Waals surface area contributed by atoms with Gasteiger partial charge in [0.15, 0.2) is 35.0 Å². The molecule has 3 fully saturated rings. The number of fused-ring (bicyclic) bond motifs is 1. The molecule has 3 aliphatic rings. The first-order chi connectivity index (χ1) is 16.1. The molecular weight excluding hydrogens is 451 g/mol. The average Bonchev–Trinajstić information content (AvgIpc) is 2.72. The number of hydrogen-bond acceptors (Lipinski definition) is 5. The molecule has 9 heteroatoms. The van der Waals surface area contributed by atoms with Crippen LogP contribution in [-0.4, -0.2) is 23.8 Å². The Labute approximate surface area is 191 Å². The largest absolute Gasteiger partial charge is 0.484 e. The number of ether oxygens (including phenoxy) is 1. The van der Waals surface area contributed by atoms with Gasteiger partial charge in [-0.2, -0.15) is 0 Å². The van der Waals surface area contributed by atoms with E-state index in [1.165, 1.54) is 6.07 Å². The Morgan fingerprint density at radius 2 is 1.79 bits per heavy atom. The zero-order valence-electron chi connectivity index (χ0n) is 18.2. The number of halogens is 3. The first-order valence-corrected chi connectivity index (χ1v) is 10.7. The van der Waals surface area contributed by atoms with Gasteiger partial charge in [0.1, 0.15) is 17.4 Å². The van der Waals surface area contributed by atoms with E-state index in [1.807, 2.05) is 0 Å². The molecule has 2 aromatic carbocycles. The van der Waals surface area contributed by atoms with Crippen LogP contribution in [0.25, 0.3) is 11.0 Å². The van der Waals surface area contributed by atoms with Crippen LogP contribution in [0.4, 0.5) is 13.2 Å². The highest BCUT2D eigenvalue weighted by Crippen LogP contribution is 2.69. The summed E-state index contributed by atoms with van der Waals surface area (Å²) >= 11 is 0. The highest BCUT2D eigenvalue weighted by molar-refractivity contribution is 5.95. The van der Waals surface area contributed by atoms with Crippen molar-refractivity contribution >= 4 is 22.7 Å². The molecule has 1 amide bonds. The Morgan fingerprint density at radius 1 is 1.06 bits per heavy atom. The molecule has 1 N–H and O–H groups in total. The van der Waals surface area contributed by atoms with Crippen molar-refractivity contribution in [2.75, 3.05) is 6.61 Å². The maximum atomic E-state index is 14.0. The van der Waals surface area contributed by atoms with Crippen LogP contribution in [0.1, 0.15) is 41.8 Å². The zero-order chi connectivity index (χ0) is 24.3. The third-order valence-electron chi connectivity index (χ3n) is 6.62. The highest BCUT2D eigenvalue weighted by atomic mass is 19.1. The van der Waals surface area contributed by atoms with Gasteiger partial charge in [-0.1, -0.05) is 6.07 Å². The maximum absolute atomic E-state index is 14.0. The van der Waals surface area contributed by atoms with Crippen LogP contribution in [0.5, 0.6) is 5.75 Å². The average molecular weight is 471 g/mol. The summed E-state index contributed by atoms with van der Waals surface area (Å²) in [5, 5.41) is 2.64. The first-order valence-electron chi connectivity index (χ1n) is 10.7. The lowest BCUT2D eigenvalue weighted by atomic mass is 9.38. The fourth-order valence-corrected chi connectivity index (χ4v) is 5.21. The maximum Gasteiger partial charge on any atom is 0.258 e. The van der Waals surface area contributed by atoms with Crippen LogP contribution in [0, 0.1) is 29.8 Å². The lowest BCUT2D eigenvalue weighted by Crippen LogP contribution is -2.75. The Balaban J connectivity index is 1.17. The van der Waals surface area contributed by atoms with E-state index in [1.54, 1.807) is 19.1 Å². The van der Waals surface area contributed by atoms with Crippen LogP contribution < -0.4 is 15.5 Å². The molecule has 0 aliphatic heterocycles. The Morgan fingerprint density at radius 3 is 2.50 bits per heavy atom. The molecule has 0 radical (unpaired) electrons. The number of aryl methyl sites for hydroxylation is 1. The van der Waals surface area contributed by atoms with Crippen LogP contribution in [0.3, 0.4) is 0 Å². The van der Waals surface area contributed by atoms with Gasteiger partial charge in [-0.05, 0) is 49.3 Å². The van der Waals surface area contributed by atoms with Crippen molar-refractivity contribution in [1.82, 2.24) is 5.32 Å². The number of Topliss-reactive ketones (excluding diaryl/α,β-unsaturated/α-hetero) is 1. The SMILES string of the molecule is Cc1ccc(OCC(=O)NC23CC(CC(=O)c4cc(=O)c5cc(F)cc(F)c5o4)(C2)C3)cc1F. The van der Waals surface area contributed by atoms with Gasteiger partial charge < -0.3 is 14.5 Å². The van der Waals surface area contributed by atoms with Gasteiger partial charge in [-0.3, -0.25) is 14.4 Å². The number of carbonyl (C=O) groups is 2. The summed E-state index contributed by atoms with van der Waals surface area (Å²) in [6, 6.07) is 6.78. The van der Waals surface area contributed by atoms with Crippen molar-refractivity contribution in [2.24, 2.45) is 5.41 Å². The Hall–Kier alpha value is -3.62. The van der Waals surface area contributed by atoms with Crippen molar-refractivity contribution in [2.45, 2.75) is 38.1 Å². The van der Waals surface area contributed by atoms with E-state index in [0.29, 0.717) is 30.9 Å². The molecule has 6 rings (SSSR count). The topological polar surface area (TPSA) is 85.6 Å². The second-order valence-electron chi connectivity index (χ2n) is 9.40.